The Labute approximate surface area is 91.0 Å². The molecule has 15 heavy (non-hydrogen) atoms. The number of benzene rings is 1. The summed E-state index contributed by atoms with van der Waals surface area (Å²) in [6, 6.07) is 8.03. The van der Waals surface area contributed by atoms with Crippen LogP contribution in [0.3, 0.4) is 0 Å². The van der Waals surface area contributed by atoms with Crippen LogP contribution in [0.5, 0.6) is 5.75 Å². The van der Waals surface area contributed by atoms with E-state index >= 15 is 0 Å². The molecule has 0 aromatic heterocycles. The Morgan fingerprint density at radius 1 is 0.933 bits per heavy atom. The van der Waals surface area contributed by atoms with Gasteiger partial charge in [0, 0.05) is 7.11 Å². The molecule has 3 heteroatoms. The average Bonchev–Trinajstić information content (AvgIpc) is 2.30. The summed E-state index contributed by atoms with van der Waals surface area (Å²) in [6.07, 6.45) is 0.924. The van der Waals surface area contributed by atoms with Crippen molar-refractivity contribution in [1.29, 1.82) is 0 Å². The van der Waals surface area contributed by atoms with E-state index in [1.54, 1.807) is 14.2 Å². The van der Waals surface area contributed by atoms with Crippen molar-refractivity contribution in [1.82, 2.24) is 0 Å². The number of rotatable bonds is 7. The first-order chi connectivity index (χ1) is 7.36. The molecule has 0 saturated heterocycles. The van der Waals surface area contributed by atoms with E-state index in [2.05, 4.69) is 12.1 Å². The molecule has 0 bridgehead atoms. The van der Waals surface area contributed by atoms with Gasteiger partial charge in [-0.2, -0.15) is 0 Å². The smallest absolute Gasteiger partial charge is 0.118 e. The highest BCUT2D eigenvalue weighted by atomic mass is 16.5. The molecule has 1 aromatic carbocycles. The summed E-state index contributed by atoms with van der Waals surface area (Å²) in [5.41, 5.74) is 1.26. The standard InChI is InChI=1S/C12H18O3/c1-13-9-10-15-8-7-11-3-5-12(14-2)6-4-11/h3-6H,7-10H2,1-2H3. The van der Waals surface area contributed by atoms with E-state index in [4.69, 9.17) is 14.2 Å². The Kier molecular flexibility index (Phi) is 5.81. The zero-order chi connectivity index (χ0) is 10.9. The van der Waals surface area contributed by atoms with Crippen LogP contribution in [0, 0.1) is 0 Å². The Morgan fingerprint density at radius 2 is 1.67 bits per heavy atom. The second kappa shape index (κ2) is 7.26. The first kappa shape index (κ1) is 12.0. The van der Waals surface area contributed by atoms with Gasteiger partial charge in [0.2, 0.25) is 0 Å². The fourth-order valence-corrected chi connectivity index (χ4v) is 1.23. The minimum atomic E-state index is 0.655. The first-order valence-corrected chi connectivity index (χ1v) is 5.06. The molecule has 84 valence electrons. The summed E-state index contributed by atoms with van der Waals surface area (Å²) in [7, 11) is 3.34. The van der Waals surface area contributed by atoms with E-state index in [1.807, 2.05) is 12.1 Å². The van der Waals surface area contributed by atoms with E-state index in [9.17, 15) is 0 Å². The third-order valence-corrected chi connectivity index (χ3v) is 2.13. The molecule has 0 amide bonds. The Balaban J connectivity index is 2.20. The van der Waals surface area contributed by atoms with Crippen LogP contribution in [-0.4, -0.2) is 34.0 Å². The molecule has 0 aliphatic carbocycles. The van der Waals surface area contributed by atoms with Crippen LogP contribution in [0.1, 0.15) is 5.56 Å². The van der Waals surface area contributed by atoms with Crippen LogP contribution < -0.4 is 4.74 Å². The molecular formula is C12H18O3. The van der Waals surface area contributed by atoms with E-state index in [0.717, 1.165) is 18.8 Å². The van der Waals surface area contributed by atoms with Crippen molar-refractivity contribution in [3.05, 3.63) is 29.8 Å². The average molecular weight is 210 g/mol. The molecule has 0 atom stereocenters. The minimum absolute atomic E-state index is 0.655. The highest BCUT2D eigenvalue weighted by Gasteiger charge is 1.94. The Morgan fingerprint density at radius 3 is 2.27 bits per heavy atom. The molecule has 0 fully saturated rings. The molecule has 0 aliphatic heterocycles. The molecule has 1 rings (SSSR count). The minimum Gasteiger partial charge on any atom is -0.497 e. The van der Waals surface area contributed by atoms with Crippen molar-refractivity contribution in [2.24, 2.45) is 0 Å². The van der Waals surface area contributed by atoms with Gasteiger partial charge in [-0.3, -0.25) is 0 Å². The van der Waals surface area contributed by atoms with E-state index in [0.29, 0.717) is 13.2 Å². The van der Waals surface area contributed by atoms with Crippen LogP contribution in [0.4, 0.5) is 0 Å². The highest BCUT2D eigenvalue weighted by Crippen LogP contribution is 2.11. The SMILES string of the molecule is COCCOCCc1ccc(OC)cc1. The number of hydrogen-bond donors (Lipinski definition) is 0. The maximum absolute atomic E-state index is 5.38. The van der Waals surface area contributed by atoms with Crippen molar-refractivity contribution < 1.29 is 14.2 Å². The van der Waals surface area contributed by atoms with Gasteiger partial charge in [0.05, 0.1) is 26.9 Å². The van der Waals surface area contributed by atoms with Gasteiger partial charge in [-0.1, -0.05) is 12.1 Å². The maximum atomic E-state index is 5.38. The lowest BCUT2D eigenvalue weighted by molar-refractivity contribution is 0.0722. The second-order valence-corrected chi connectivity index (χ2v) is 3.20. The van der Waals surface area contributed by atoms with Crippen LogP contribution in [0.15, 0.2) is 24.3 Å². The molecule has 3 nitrogen and oxygen atoms in total. The molecule has 0 saturated carbocycles. The van der Waals surface area contributed by atoms with Crippen molar-refractivity contribution >= 4 is 0 Å². The van der Waals surface area contributed by atoms with Crippen molar-refractivity contribution in [3.8, 4) is 5.75 Å². The quantitative estimate of drug-likeness (QED) is 0.643. The third-order valence-electron chi connectivity index (χ3n) is 2.13. The predicted molar refractivity (Wildman–Crippen MR) is 59.4 cm³/mol. The fourth-order valence-electron chi connectivity index (χ4n) is 1.23. The molecule has 0 aliphatic rings. The van der Waals surface area contributed by atoms with E-state index < -0.39 is 0 Å². The van der Waals surface area contributed by atoms with E-state index in [-0.39, 0.29) is 0 Å². The molecule has 0 spiro atoms. The molecule has 0 N–H and O–H groups in total. The molecule has 1 aromatic rings. The van der Waals surface area contributed by atoms with Crippen LogP contribution in [0.25, 0.3) is 0 Å². The van der Waals surface area contributed by atoms with Crippen LogP contribution >= 0.6 is 0 Å². The molecule has 0 radical (unpaired) electrons. The van der Waals surface area contributed by atoms with Crippen molar-refractivity contribution in [3.63, 3.8) is 0 Å². The van der Waals surface area contributed by atoms with Gasteiger partial charge in [0.25, 0.3) is 0 Å². The molecule has 0 heterocycles. The molecular weight excluding hydrogens is 192 g/mol. The predicted octanol–water partition coefficient (Wildman–Crippen LogP) is 1.90. The Hall–Kier alpha value is -1.06. The lowest BCUT2D eigenvalue weighted by Crippen LogP contribution is -2.04. The zero-order valence-corrected chi connectivity index (χ0v) is 9.36. The lowest BCUT2D eigenvalue weighted by Gasteiger charge is -2.04. The van der Waals surface area contributed by atoms with Gasteiger partial charge in [-0.25, -0.2) is 0 Å². The summed E-state index contributed by atoms with van der Waals surface area (Å²) >= 11 is 0. The number of ether oxygens (including phenoxy) is 3. The fraction of sp³-hybridized carbons (Fsp3) is 0.500. The van der Waals surface area contributed by atoms with Crippen LogP contribution in [-0.2, 0) is 15.9 Å². The number of methoxy groups -OCH3 is 2. The van der Waals surface area contributed by atoms with Gasteiger partial charge < -0.3 is 14.2 Å². The zero-order valence-electron chi connectivity index (χ0n) is 9.36. The van der Waals surface area contributed by atoms with Gasteiger partial charge in [-0.15, -0.1) is 0 Å². The largest absolute Gasteiger partial charge is 0.497 e. The summed E-state index contributed by atoms with van der Waals surface area (Å²) in [5, 5.41) is 0. The summed E-state index contributed by atoms with van der Waals surface area (Å²) in [5.74, 6) is 0.888. The van der Waals surface area contributed by atoms with Crippen LogP contribution in [0.2, 0.25) is 0 Å². The lowest BCUT2D eigenvalue weighted by atomic mass is 10.1. The third kappa shape index (κ3) is 4.81. The monoisotopic (exact) mass is 210 g/mol. The first-order valence-electron chi connectivity index (χ1n) is 5.06. The van der Waals surface area contributed by atoms with Gasteiger partial charge in [0.1, 0.15) is 5.75 Å². The normalized spacial score (nSPS) is 10.3. The second-order valence-electron chi connectivity index (χ2n) is 3.20. The highest BCUT2D eigenvalue weighted by molar-refractivity contribution is 5.27. The van der Waals surface area contributed by atoms with E-state index in [1.165, 1.54) is 5.56 Å². The summed E-state index contributed by atoms with van der Waals surface area (Å²) in [4.78, 5) is 0. The Bertz CT molecular complexity index is 256. The summed E-state index contributed by atoms with van der Waals surface area (Å²) in [6.45, 7) is 2.05. The molecule has 0 unspecified atom stereocenters. The maximum Gasteiger partial charge on any atom is 0.118 e. The van der Waals surface area contributed by atoms with Gasteiger partial charge >= 0.3 is 0 Å². The van der Waals surface area contributed by atoms with Gasteiger partial charge in [-0.05, 0) is 24.1 Å². The van der Waals surface area contributed by atoms with Gasteiger partial charge in [0.15, 0.2) is 0 Å². The summed E-state index contributed by atoms with van der Waals surface area (Å²) < 4.78 is 15.3. The van der Waals surface area contributed by atoms with Crippen molar-refractivity contribution in [2.45, 2.75) is 6.42 Å². The number of hydrogen-bond acceptors (Lipinski definition) is 3. The topological polar surface area (TPSA) is 27.7 Å². The van der Waals surface area contributed by atoms with Crippen molar-refractivity contribution in [2.75, 3.05) is 34.0 Å².